The number of ether oxygens (including phenoxy) is 2. The first-order valence-electron chi connectivity index (χ1n) is 8.88. The molecule has 0 spiro atoms. The van der Waals surface area contributed by atoms with Gasteiger partial charge in [0.1, 0.15) is 0 Å². The molecular weight excluding hydrogens is 336 g/mol. The van der Waals surface area contributed by atoms with Crippen molar-refractivity contribution in [1.82, 2.24) is 14.9 Å². The largest absolute Gasteiger partial charge is 0.378 e. The Bertz CT molecular complexity index is 883. The van der Waals surface area contributed by atoms with Gasteiger partial charge in [0.15, 0.2) is 5.69 Å². The van der Waals surface area contributed by atoms with Crippen molar-refractivity contribution in [1.29, 1.82) is 0 Å². The lowest BCUT2D eigenvalue weighted by molar-refractivity contribution is 0.0298. The minimum atomic E-state index is -0.451. The molecule has 3 heterocycles. The van der Waals surface area contributed by atoms with E-state index in [0.717, 1.165) is 24.3 Å². The summed E-state index contributed by atoms with van der Waals surface area (Å²) in [6.07, 6.45) is 0. The van der Waals surface area contributed by atoms with Gasteiger partial charge in [0.25, 0.3) is 11.5 Å². The number of fused-ring (bicyclic) bond motifs is 1. The summed E-state index contributed by atoms with van der Waals surface area (Å²) in [5.74, 6) is -0.343. The number of morpholine rings is 2. The zero-order valence-electron chi connectivity index (χ0n) is 14.8. The molecule has 8 heteroatoms. The number of aromatic amines is 1. The van der Waals surface area contributed by atoms with Crippen molar-refractivity contribution in [2.75, 3.05) is 57.5 Å². The molecule has 0 radical (unpaired) electrons. The van der Waals surface area contributed by atoms with Crippen LogP contribution in [0.4, 0.5) is 5.69 Å². The minimum absolute atomic E-state index is 0.0591. The second kappa shape index (κ2) is 7.05. The van der Waals surface area contributed by atoms with Gasteiger partial charge in [-0.3, -0.25) is 9.59 Å². The van der Waals surface area contributed by atoms with Crippen molar-refractivity contribution in [3.63, 3.8) is 0 Å². The Labute approximate surface area is 150 Å². The van der Waals surface area contributed by atoms with Crippen LogP contribution in [0.1, 0.15) is 16.1 Å². The predicted octanol–water partition coefficient (Wildman–Crippen LogP) is 0.541. The summed E-state index contributed by atoms with van der Waals surface area (Å²) in [5.41, 5.74) is 2.87. The maximum absolute atomic E-state index is 12.7. The van der Waals surface area contributed by atoms with Gasteiger partial charge in [-0.2, -0.15) is 0 Å². The van der Waals surface area contributed by atoms with Gasteiger partial charge < -0.3 is 24.3 Å². The smallest absolute Gasteiger partial charge is 0.280 e. The first-order valence-corrected chi connectivity index (χ1v) is 8.88. The fourth-order valence-corrected chi connectivity index (χ4v) is 3.44. The summed E-state index contributed by atoms with van der Waals surface area (Å²) in [6, 6.07) is 3.86. The highest BCUT2D eigenvalue weighted by Gasteiger charge is 2.23. The van der Waals surface area contributed by atoms with Crippen LogP contribution >= 0.6 is 0 Å². The zero-order chi connectivity index (χ0) is 18.1. The lowest BCUT2D eigenvalue weighted by Crippen LogP contribution is -2.43. The lowest BCUT2D eigenvalue weighted by Gasteiger charge is -2.30. The van der Waals surface area contributed by atoms with Gasteiger partial charge in [0, 0.05) is 31.9 Å². The van der Waals surface area contributed by atoms with Crippen LogP contribution in [0.2, 0.25) is 0 Å². The molecule has 2 aliphatic heterocycles. The molecule has 138 valence electrons. The van der Waals surface area contributed by atoms with Crippen LogP contribution in [-0.4, -0.2) is 73.4 Å². The Morgan fingerprint density at radius 1 is 1.08 bits per heavy atom. The molecule has 2 aromatic rings. The molecule has 0 bridgehead atoms. The van der Waals surface area contributed by atoms with Crippen LogP contribution in [-0.2, 0) is 9.47 Å². The van der Waals surface area contributed by atoms with E-state index in [4.69, 9.17) is 9.47 Å². The maximum Gasteiger partial charge on any atom is 0.280 e. The second-order valence-corrected chi connectivity index (χ2v) is 6.57. The molecule has 0 aliphatic carbocycles. The highest BCUT2D eigenvalue weighted by atomic mass is 16.5. The number of carbonyl (C=O) groups is 1. The fraction of sp³-hybridized carbons (Fsp3) is 0.500. The van der Waals surface area contributed by atoms with E-state index in [-0.39, 0.29) is 11.6 Å². The van der Waals surface area contributed by atoms with E-state index in [1.165, 1.54) is 0 Å². The summed E-state index contributed by atoms with van der Waals surface area (Å²) in [7, 11) is 0. The Morgan fingerprint density at radius 3 is 2.42 bits per heavy atom. The van der Waals surface area contributed by atoms with Gasteiger partial charge in [0.2, 0.25) is 0 Å². The molecule has 8 nitrogen and oxygen atoms in total. The van der Waals surface area contributed by atoms with E-state index in [1.807, 2.05) is 19.1 Å². The molecule has 1 aromatic heterocycles. The molecule has 26 heavy (non-hydrogen) atoms. The Balaban J connectivity index is 1.73. The highest BCUT2D eigenvalue weighted by Crippen LogP contribution is 2.25. The van der Waals surface area contributed by atoms with Crippen molar-refractivity contribution >= 4 is 22.6 Å². The standard InChI is InChI=1S/C18H22N4O4/c1-12-10-13-14(11-15(12)21-2-6-25-7-3-21)19-16(17(23)20-13)18(24)22-4-8-26-9-5-22/h10-11H,2-9H2,1H3,(H,20,23). The van der Waals surface area contributed by atoms with Crippen molar-refractivity contribution in [2.24, 2.45) is 0 Å². The van der Waals surface area contributed by atoms with Gasteiger partial charge in [-0.25, -0.2) is 4.98 Å². The highest BCUT2D eigenvalue weighted by molar-refractivity contribution is 5.94. The lowest BCUT2D eigenvalue weighted by atomic mass is 10.1. The van der Waals surface area contributed by atoms with Crippen LogP contribution in [0.3, 0.4) is 0 Å². The van der Waals surface area contributed by atoms with Gasteiger partial charge in [-0.1, -0.05) is 0 Å². The number of amides is 1. The minimum Gasteiger partial charge on any atom is -0.378 e. The van der Waals surface area contributed by atoms with Gasteiger partial charge in [-0.15, -0.1) is 0 Å². The van der Waals surface area contributed by atoms with Crippen LogP contribution in [0.15, 0.2) is 16.9 Å². The SMILES string of the molecule is Cc1cc2[nH]c(=O)c(C(=O)N3CCOCC3)nc2cc1N1CCOCC1. The van der Waals surface area contributed by atoms with E-state index >= 15 is 0 Å². The van der Waals surface area contributed by atoms with Crippen LogP contribution < -0.4 is 10.5 Å². The number of hydrogen-bond acceptors (Lipinski definition) is 6. The number of H-pyrrole nitrogens is 1. The normalized spacial score (nSPS) is 18.3. The molecule has 2 saturated heterocycles. The number of hydrogen-bond donors (Lipinski definition) is 1. The van der Waals surface area contributed by atoms with Crippen molar-refractivity contribution in [3.05, 3.63) is 33.7 Å². The summed E-state index contributed by atoms with van der Waals surface area (Å²) < 4.78 is 10.7. The topological polar surface area (TPSA) is 87.8 Å². The third-order valence-corrected chi connectivity index (χ3v) is 4.86. The Kier molecular flexibility index (Phi) is 4.60. The predicted molar refractivity (Wildman–Crippen MR) is 96.9 cm³/mol. The number of aryl methyl sites for hydroxylation is 1. The van der Waals surface area contributed by atoms with Crippen molar-refractivity contribution < 1.29 is 14.3 Å². The summed E-state index contributed by atoms with van der Waals surface area (Å²) in [6.45, 7) is 6.94. The first kappa shape index (κ1) is 17.0. The third kappa shape index (κ3) is 3.17. The molecule has 0 unspecified atom stereocenters. The molecule has 1 aromatic carbocycles. The number of nitrogens with one attached hydrogen (secondary N) is 1. The molecule has 4 rings (SSSR count). The summed E-state index contributed by atoms with van der Waals surface area (Å²) in [5, 5.41) is 0. The number of rotatable bonds is 2. The third-order valence-electron chi connectivity index (χ3n) is 4.86. The molecule has 0 saturated carbocycles. The molecule has 1 amide bonds. The van der Waals surface area contributed by atoms with Gasteiger partial charge in [0.05, 0.1) is 37.5 Å². The average Bonchev–Trinajstić information content (AvgIpc) is 2.68. The van der Waals surface area contributed by atoms with Crippen LogP contribution in [0.5, 0.6) is 0 Å². The van der Waals surface area contributed by atoms with E-state index in [1.54, 1.807) is 4.90 Å². The second-order valence-electron chi connectivity index (χ2n) is 6.57. The van der Waals surface area contributed by atoms with E-state index in [0.29, 0.717) is 50.6 Å². The van der Waals surface area contributed by atoms with E-state index in [9.17, 15) is 9.59 Å². The number of aromatic nitrogens is 2. The Hall–Kier alpha value is -2.45. The zero-order valence-corrected chi connectivity index (χ0v) is 14.8. The number of carbonyl (C=O) groups excluding carboxylic acids is 1. The first-order chi connectivity index (χ1) is 12.6. The molecule has 0 atom stereocenters. The van der Waals surface area contributed by atoms with Crippen LogP contribution in [0.25, 0.3) is 11.0 Å². The monoisotopic (exact) mass is 358 g/mol. The number of anilines is 1. The molecular formula is C18H22N4O4. The van der Waals surface area contributed by atoms with Gasteiger partial charge >= 0.3 is 0 Å². The maximum atomic E-state index is 12.7. The van der Waals surface area contributed by atoms with E-state index in [2.05, 4.69) is 14.9 Å². The average molecular weight is 358 g/mol. The van der Waals surface area contributed by atoms with E-state index < -0.39 is 5.56 Å². The molecule has 2 aliphatic rings. The number of nitrogens with zero attached hydrogens (tertiary/aromatic N) is 3. The van der Waals surface area contributed by atoms with Crippen molar-refractivity contribution in [3.8, 4) is 0 Å². The molecule has 2 fully saturated rings. The number of benzene rings is 1. The quantitative estimate of drug-likeness (QED) is 0.843. The fourth-order valence-electron chi connectivity index (χ4n) is 3.44. The van der Waals surface area contributed by atoms with Crippen LogP contribution in [0, 0.1) is 6.92 Å². The van der Waals surface area contributed by atoms with Gasteiger partial charge in [-0.05, 0) is 24.6 Å². The van der Waals surface area contributed by atoms with Crippen molar-refractivity contribution in [2.45, 2.75) is 6.92 Å². The summed E-state index contributed by atoms with van der Waals surface area (Å²) in [4.78, 5) is 36.2. The summed E-state index contributed by atoms with van der Waals surface area (Å²) >= 11 is 0. The molecule has 1 N–H and O–H groups in total. The Morgan fingerprint density at radius 2 is 1.73 bits per heavy atom.